The van der Waals surface area contributed by atoms with Crippen molar-refractivity contribution in [3.05, 3.63) is 36.9 Å². The highest BCUT2D eigenvalue weighted by Crippen LogP contribution is 2.37. The SMILES string of the molecule is C=C.CCN=C(NN)C(c1cccc(OC)c1OC)N1CCN(C(=O)C(C)(C)C)CC1. The third-order valence-electron chi connectivity index (χ3n) is 5.07. The predicted molar refractivity (Wildman–Crippen MR) is 126 cm³/mol. The molecule has 1 atom stereocenters. The fourth-order valence-corrected chi connectivity index (χ4v) is 3.68. The number of hydrogen-bond acceptors (Lipinski definition) is 6. The Morgan fingerprint density at radius 1 is 1.19 bits per heavy atom. The molecule has 31 heavy (non-hydrogen) atoms. The van der Waals surface area contributed by atoms with E-state index in [9.17, 15) is 4.79 Å². The van der Waals surface area contributed by atoms with E-state index in [1.807, 2.05) is 50.8 Å². The normalized spacial score (nSPS) is 16.1. The summed E-state index contributed by atoms with van der Waals surface area (Å²) in [5.41, 5.74) is 3.32. The Morgan fingerprint density at radius 2 is 1.81 bits per heavy atom. The second kappa shape index (κ2) is 12.3. The maximum atomic E-state index is 12.7. The highest BCUT2D eigenvalue weighted by molar-refractivity contribution is 5.89. The second-order valence-corrected chi connectivity index (χ2v) is 8.07. The van der Waals surface area contributed by atoms with Crippen LogP contribution in [0.3, 0.4) is 0 Å². The third-order valence-corrected chi connectivity index (χ3v) is 5.07. The number of methoxy groups -OCH3 is 2. The first kappa shape index (κ1) is 26.5. The minimum Gasteiger partial charge on any atom is -0.493 e. The first-order valence-electron chi connectivity index (χ1n) is 10.5. The van der Waals surface area contributed by atoms with Gasteiger partial charge in [0.2, 0.25) is 5.91 Å². The van der Waals surface area contributed by atoms with Crippen molar-refractivity contribution in [1.82, 2.24) is 15.2 Å². The van der Waals surface area contributed by atoms with E-state index in [4.69, 9.17) is 15.3 Å². The zero-order chi connectivity index (χ0) is 23.6. The molecule has 2 rings (SSSR count). The quantitative estimate of drug-likeness (QED) is 0.236. The van der Waals surface area contributed by atoms with Crippen molar-refractivity contribution in [2.24, 2.45) is 16.3 Å². The summed E-state index contributed by atoms with van der Waals surface area (Å²) >= 11 is 0. The third kappa shape index (κ3) is 6.45. The Hall–Kier alpha value is -2.58. The molecule has 8 nitrogen and oxygen atoms in total. The summed E-state index contributed by atoms with van der Waals surface area (Å²) in [6, 6.07) is 5.58. The Kier molecular flexibility index (Phi) is 10.5. The molecule has 0 saturated carbocycles. The molecule has 1 aliphatic rings. The maximum Gasteiger partial charge on any atom is 0.228 e. The van der Waals surface area contributed by atoms with Gasteiger partial charge in [-0.15, -0.1) is 13.2 Å². The number of carbonyl (C=O) groups excluding carboxylic acids is 1. The largest absolute Gasteiger partial charge is 0.493 e. The molecule has 1 unspecified atom stereocenters. The number of nitrogens with one attached hydrogen (secondary N) is 1. The van der Waals surface area contributed by atoms with Crippen LogP contribution in [-0.2, 0) is 4.79 Å². The predicted octanol–water partition coefficient (Wildman–Crippen LogP) is 2.62. The number of piperazine rings is 1. The van der Waals surface area contributed by atoms with Crippen LogP contribution in [0.15, 0.2) is 36.3 Å². The van der Waals surface area contributed by atoms with Gasteiger partial charge in [0.15, 0.2) is 11.5 Å². The number of hydrazine groups is 1. The van der Waals surface area contributed by atoms with Gasteiger partial charge < -0.3 is 19.8 Å². The van der Waals surface area contributed by atoms with E-state index < -0.39 is 0 Å². The van der Waals surface area contributed by atoms with Gasteiger partial charge in [0.1, 0.15) is 5.84 Å². The number of amidine groups is 1. The summed E-state index contributed by atoms with van der Waals surface area (Å²) in [4.78, 5) is 21.4. The van der Waals surface area contributed by atoms with Crippen LogP contribution >= 0.6 is 0 Å². The van der Waals surface area contributed by atoms with Gasteiger partial charge in [-0.05, 0) is 13.0 Å². The molecule has 1 aliphatic heterocycles. The molecule has 0 radical (unpaired) electrons. The van der Waals surface area contributed by atoms with E-state index >= 15 is 0 Å². The highest BCUT2D eigenvalue weighted by atomic mass is 16.5. The molecule has 0 bridgehead atoms. The van der Waals surface area contributed by atoms with E-state index in [2.05, 4.69) is 28.5 Å². The fourth-order valence-electron chi connectivity index (χ4n) is 3.68. The van der Waals surface area contributed by atoms with Crippen LogP contribution in [0.25, 0.3) is 0 Å². The number of rotatable bonds is 6. The van der Waals surface area contributed by atoms with Crippen LogP contribution in [0, 0.1) is 5.41 Å². The summed E-state index contributed by atoms with van der Waals surface area (Å²) in [7, 11) is 3.25. The van der Waals surface area contributed by atoms with Crippen molar-refractivity contribution in [2.45, 2.75) is 33.7 Å². The van der Waals surface area contributed by atoms with Gasteiger partial charge in [-0.25, -0.2) is 5.84 Å². The van der Waals surface area contributed by atoms with Crippen LogP contribution in [0.5, 0.6) is 11.5 Å². The summed E-state index contributed by atoms with van der Waals surface area (Å²) in [5.74, 6) is 8.01. The molecular weight excluding hydrogens is 394 g/mol. The van der Waals surface area contributed by atoms with Crippen LogP contribution < -0.4 is 20.7 Å². The molecule has 1 saturated heterocycles. The summed E-state index contributed by atoms with van der Waals surface area (Å²) in [5, 5.41) is 0. The summed E-state index contributed by atoms with van der Waals surface area (Å²) in [6.45, 7) is 17.2. The first-order chi connectivity index (χ1) is 14.8. The second-order valence-electron chi connectivity index (χ2n) is 8.07. The lowest BCUT2D eigenvalue weighted by molar-refractivity contribution is -0.141. The number of hydrogen-bond donors (Lipinski definition) is 2. The number of carbonyl (C=O) groups is 1. The highest BCUT2D eigenvalue weighted by Gasteiger charge is 2.35. The molecule has 1 aromatic rings. The molecule has 1 amide bonds. The number of nitrogens with zero attached hydrogens (tertiary/aromatic N) is 3. The average Bonchev–Trinajstić information content (AvgIpc) is 2.79. The van der Waals surface area contributed by atoms with Gasteiger partial charge in [0, 0.05) is 43.7 Å². The molecule has 8 heteroatoms. The summed E-state index contributed by atoms with van der Waals surface area (Å²) in [6.07, 6.45) is 0. The lowest BCUT2D eigenvalue weighted by Crippen LogP contribution is -2.54. The lowest BCUT2D eigenvalue weighted by atomic mass is 9.94. The number of nitrogens with two attached hydrogens (primary N) is 1. The van der Waals surface area contributed by atoms with Gasteiger partial charge in [-0.3, -0.25) is 14.7 Å². The lowest BCUT2D eigenvalue weighted by Gasteiger charge is -2.41. The Bertz CT molecular complexity index is 737. The van der Waals surface area contributed by atoms with Crippen molar-refractivity contribution in [3.63, 3.8) is 0 Å². The van der Waals surface area contributed by atoms with Gasteiger partial charge in [-0.1, -0.05) is 32.9 Å². The smallest absolute Gasteiger partial charge is 0.228 e. The first-order valence-corrected chi connectivity index (χ1v) is 10.5. The van der Waals surface area contributed by atoms with Crippen molar-refractivity contribution < 1.29 is 14.3 Å². The number of aliphatic imine (C=N–C) groups is 1. The van der Waals surface area contributed by atoms with Gasteiger partial charge in [-0.2, -0.15) is 0 Å². The minimum atomic E-state index is -0.384. The van der Waals surface area contributed by atoms with Gasteiger partial charge >= 0.3 is 0 Å². The molecular formula is C23H39N5O3. The summed E-state index contributed by atoms with van der Waals surface area (Å²) < 4.78 is 11.2. The van der Waals surface area contributed by atoms with Crippen LogP contribution in [0.1, 0.15) is 39.3 Å². The Morgan fingerprint density at radius 3 is 2.26 bits per heavy atom. The molecule has 0 aliphatic carbocycles. The van der Waals surface area contributed by atoms with E-state index in [0.717, 1.165) is 5.56 Å². The van der Waals surface area contributed by atoms with Crippen LogP contribution in [-0.4, -0.2) is 68.5 Å². The topological polar surface area (TPSA) is 92.4 Å². The zero-order valence-corrected chi connectivity index (χ0v) is 19.9. The van der Waals surface area contributed by atoms with Crippen molar-refractivity contribution >= 4 is 11.7 Å². The van der Waals surface area contributed by atoms with E-state index in [-0.39, 0.29) is 17.4 Å². The monoisotopic (exact) mass is 433 g/mol. The Balaban J connectivity index is 0.00000233. The average molecular weight is 434 g/mol. The number of benzene rings is 1. The standard InChI is InChI=1S/C21H35N5O3.C2H4/c1-7-23-19(24-22)17(15-9-8-10-16(28-5)18(15)29-6)25-11-13-26(14-12-25)20(27)21(2,3)4;1-2/h8-10,17H,7,11-14,22H2,1-6H3,(H,23,24);1-2H2. The van der Waals surface area contributed by atoms with Crippen molar-refractivity contribution in [1.29, 1.82) is 0 Å². The minimum absolute atomic E-state index is 0.173. The van der Waals surface area contributed by atoms with Gasteiger partial charge in [0.25, 0.3) is 0 Å². The fraction of sp³-hybridized carbons (Fsp3) is 0.565. The molecule has 174 valence electrons. The van der Waals surface area contributed by atoms with Crippen LogP contribution in [0.2, 0.25) is 0 Å². The van der Waals surface area contributed by atoms with E-state index in [1.165, 1.54) is 0 Å². The van der Waals surface area contributed by atoms with E-state index in [1.54, 1.807) is 14.2 Å². The van der Waals surface area contributed by atoms with Crippen molar-refractivity contribution in [3.8, 4) is 11.5 Å². The molecule has 3 N–H and O–H groups in total. The molecule has 1 aromatic carbocycles. The molecule has 0 aromatic heterocycles. The number of ether oxygens (including phenoxy) is 2. The van der Waals surface area contributed by atoms with Crippen LogP contribution in [0.4, 0.5) is 0 Å². The number of para-hydroxylation sites is 1. The van der Waals surface area contributed by atoms with Crippen molar-refractivity contribution in [2.75, 3.05) is 46.9 Å². The molecule has 0 spiro atoms. The van der Waals surface area contributed by atoms with Gasteiger partial charge in [0.05, 0.1) is 20.3 Å². The molecule has 1 heterocycles. The Labute approximate surface area is 187 Å². The maximum absolute atomic E-state index is 12.7. The van der Waals surface area contributed by atoms with E-state index in [0.29, 0.717) is 50.1 Å². The number of amides is 1. The molecule has 1 fully saturated rings. The zero-order valence-electron chi connectivity index (χ0n) is 19.9.